The molecular formula is C14H21N3O2. The Hall–Kier alpha value is -1.91. The fourth-order valence-electron chi connectivity index (χ4n) is 1.77. The van der Waals surface area contributed by atoms with Crippen LogP contribution in [0.4, 0.5) is 0 Å². The van der Waals surface area contributed by atoms with Crippen molar-refractivity contribution in [3.8, 4) is 0 Å². The molecule has 0 radical (unpaired) electrons. The molecule has 1 aliphatic heterocycles. The van der Waals surface area contributed by atoms with E-state index in [-0.39, 0.29) is 5.91 Å². The van der Waals surface area contributed by atoms with Crippen molar-refractivity contribution >= 4 is 5.91 Å². The van der Waals surface area contributed by atoms with Gasteiger partial charge in [0, 0.05) is 25.4 Å². The van der Waals surface area contributed by atoms with E-state index in [0.29, 0.717) is 17.8 Å². The number of allylic oxidation sites excluding steroid dienone is 1. The van der Waals surface area contributed by atoms with Gasteiger partial charge >= 0.3 is 0 Å². The molecule has 1 heterocycles. The number of nitroso groups, excluding NO2 is 1. The summed E-state index contributed by atoms with van der Waals surface area (Å²) in [4.78, 5) is 23.9. The van der Waals surface area contributed by atoms with Gasteiger partial charge in [-0.1, -0.05) is 26.2 Å². The monoisotopic (exact) mass is 263 g/mol. The van der Waals surface area contributed by atoms with Gasteiger partial charge in [-0.15, -0.1) is 4.91 Å². The van der Waals surface area contributed by atoms with Gasteiger partial charge in [-0.05, 0) is 23.7 Å². The van der Waals surface area contributed by atoms with Crippen LogP contribution in [0.3, 0.4) is 0 Å². The van der Waals surface area contributed by atoms with Gasteiger partial charge in [0.05, 0.1) is 11.9 Å². The SMILES string of the molecule is CCCCCCNC(=O)C1=C/C(=C\N=O)N(C)C=C1. The number of hydrogen-bond acceptors (Lipinski definition) is 4. The van der Waals surface area contributed by atoms with Crippen molar-refractivity contribution in [1.29, 1.82) is 0 Å². The number of nitrogens with zero attached hydrogens (tertiary/aromatic N) is 2. The normalized spacial score (nSPS) is 16.4. The largest absolute Gasteiger partial charge is 0.352 e. The van der Waals surface area contributed by atoms with E-state index >= 15 is 0 Å². The zero-order chi connectivity index (χ0) is 14.1. The number of carbonyl (C=O) groups excluding carboxylic acids is 1. The first-order chi connectivity index (χ1) is 9.19. The van der Waals surface area contributed by atoms with Crippen LogP contribution in [0.2, 0.25) is 0 Å². The summed E-state index contributed by atoms with van der Waals surface area (Å²) >= 11 is 0. The van der Waals surface area contributed by atoms with E-state index in [1.807, 2.05) is 0 Å². The molecule has 1 rings (SSSR count). The highest BCUT2D eigenvalue weighted by Gasteiger charge is 2.12. The first kappa shape index (κ1) is 15.1. The summed E-state index contributed by atoms with van der Waals surface area (Å²) in [5.41, 5.74) is 1.15. The van der Waals surface area contributed by atoms with Crippen LogP contribution in [0, 0.1) is 4.91 Å². The van der Waals surface area contributed by atoms with Crippen molar-refractivity contribution in [2.75, 3.05) is 13.6 Å². The molecular weight excluding hydrogens is 242 g/mol. The van der Waals surface area contributed by atoms with E-state index in [9.17, 15) is 9.70 Å². The molecule has 0 aliphatic carbocycles. The van der Waals surface area contributed by atoms with Crippen molar-refractivity contribution in [2.24, 2.45) is 5.18 Å². The molecule has 19 heavy (non-hydrogen) atoms. The van der Waals surface area contributed by atoms with Gasteiger partial charge in [-0.2, -0.15) is 0 Å². The third kappa shape index (κ3) is 5.07. The molecule has 1 aliphatic rings. The third-order valence-corrected chi connectivity index (χ3v) is 2.95. The summed E-state index contributed by atoms with van der Waals surface area (Å²) in [7, 11) is 1.80. The minimum atomic E-state index is -0.113. The molecule has 104 valence electrons. The molecule has 1 amide bonds. The van der Waals surface area contributed by atoms with Crippen LogP contribution in [0.1, 0.15) is 32.6 Å². The lowest BCUT2D eigenvalue weighted by atomic mass is 10.1. The Bertz CT molecular complexity index is 411. The van der Waals surface area contributed by atoms with Crippen molar-refractivity contribution in [3.05, 3.63) is 40.7 Å². The summed E-state index contributed by atoms with van der Waals surface area (Å²) in [6.45, 7) is 2.84. The predicted octanol–water partition coefficient (Wildman–Crippen LogP) is 2.68. The fourth-order valence-corrected chi connectivity index (χ4v) is 1.77. The number of carbonyl (C=O) groups is 1. The topological polar surface area (TPSA) is 61.8 Å². The van der Waals surface area contributed by atoms with Gasteiger partial charge in [0.15, 0.2) is 0 Å². The molecule has 0 aromatic carbocycles. The number of nitrogens with one attached hydrogen (secondary N) is 1. The number of rotatable bonds is 7. The maximum atomic E-state index is 11.9. The zero-order valence-electron chi connectivity index (χ0n) is 11.6. The van der Waals surface area contributed by atoms with E-state index in [0.717, 1.165) is 12.8 Å². The second kappa shape index (κ2) is 8.24. The van der Waals surface area contributed by atoms with E-state index < -0.39 is 0 Å². The van der Waals surface area contributed by atoms with Crippen LogP contribution in [-0.4, -0.2) is 24.4 Å². The predicted molar refractivity (Wildman–Crippen MR) is 76.0 cm³/mol. The summed E-state index contributed by atoms with van der Waals surface area (Å²) < 4.78 is 0. The summed E-state index contributed by atoms with van der Waals surface area (Å²) in [6, 6.07) is 0. The van der Waals surface area contributed by atoms with Gasteiger partial charge < -0.3 is 10.2 Å². The molecule has 0 aromatic heterocycles. The third-order valence-electron chi connectivity index (χ3n) is 2.95. The van der Waals surface area contributed by atoms with Gasteiger partial charge in [-0.25, -0.2) is 0 Å². The molecule has 1 N–H and O–H groups in total. The van der Waals surface area contributed by atoms with Crippen LogP contribution >= 0.6 is 0 Å². The number of likely N-dealkylation sites (N-methyl/N-ethyl adjacent to an activating group) is 1. The summed E-state index contributed by atoms with van der Waals surface area (Å²) in [5, 5.41) is 5.61. The van der Waals surface area contributed by atoms with Crippen molar-refractivity contribution in [2.45, 2.75) is 32.6 Å². The van der Waals surface area contributed by atoms with Crippen molar-refractivity contribution < 1.29 is 4.79 Å². The van der Waals surface area contributed by atoms with Gasteiger partial charge in [0.1, 0.15) is 0 Å². The number of unbranched alkanes of at least 4 members (excludes halogenated alkanes) is 3. The minimum absolute atomic E-state index is 0.113. The second-order valence-electron chi connectivity index (χ2n) is 4.50. The maximum Gasteiger partial charge on any atom is 0.251 e. The van der Waals surface area contributed by atoms with Gasteiger partial charge in [0.2, 0.25) is 0 Å². The van der Waals surface area contributed by atoms with Crippen molar-refractivity contribution in [1.82, 2.24) is 10.2 Å². The molecule has 0 unspecified atom stereocenters. The average molecular weight is 263 g/mol. The molecule has 5 nitrogen and oxygen atoms in total. The minimum Gasteiger partial charge on any atom is -0.352 e. The van der Waals surface area contributed by atoms with Crippen LogP contribution in [0.15, 0.2) is 41.0 Å². The van der Waals surface area contributed by atoms with Crippen molar-refractivity contribution in [3.63, 3.8) is 0 Å². The Morgan fingerprint density at radius 2 is 2.21 bits per heavy atom. The first-order valence-electron chi connectivity index (χ1n) is 6.62. The molecule has 0 atom stereocenters. The lowest BCUT2D eigenvalue weighted by Gasteiger charge is -2.19. The Morgan fingerprint density at radius 3 is 2.89 bits per heavy atom. The number of amides is 1. The van der Waals surface area contributed by atoms with Crippen LogP contribution in [0.5, 0.6) is 0 Å². The smallest absolute Gasteiger partial charge is 0.251 e. The maximum absolute atomic E-state index is 11.9. The molecule has 0 aromatic rings. The second-order valence-corrected chi connectivity index (χ2v) is 4.50. The average Bonchev–Trinajstić information content (AvgIpc) is 2.41. The Kier molecular flexibility index (Phi) is 6.57. The van der Waals surface area contributed by atoms with Crippen LogP contribution < -0.4 is 5.32 Å². The lowest BCUT2D eigenvalue weighted by Crippen LogP contribution is -2.27. The molecule has 0 spiro atoms. The Balaban J connectivity index is 2.48. The summed E-state index contributed by atoms with van der Waals surface area (Å²) in [6.07, 6.45) is 10.8. The Morgan fingerprint density at radius 1 is 1.42 bits per heavy atom. The molecule has 0 bridgehead atoms. The molecule has 0 saturated carbocycles. The van der Waals surface area contributed by atoms with E-state index in [4.69, 9.17) is 0 Å². The van der Waals surface area contributed by atoms with E-state index in [1.54, 1.807) is 30.3 Å². The zero-order valence-corrected chi connectivity index (χ0v) is 11.6. The highest BCUT2D eigenvalue weighted by atomic mass is 16.2. The fraction of sp³-hybridized carbons (Fsp3) is 0.500. The van der Waals surface area contributed by atoms with E-state index in [2.05, 4.69) is 17.4 Å². The quantitative estimate of drug-likeness (QED) is 0.567. The highest BCUT2D eigenvalue weighted by molar-refractivity contribution is 5.96. The van der Waals surface area contributed by atoms with Gasteiger partial charge in [0.25, 0.3) is 5.91 Å². The molecule has 0 saturated heterocycles. The lowest BCUT2D eigenvalue weighted by molar-refractivity contribution is -0.117. The van der Waals surface area contributed by atoms with E-state index in [1.165, 1.54) is 19.0 Å². The first-order valence-corrected chi connectivity index (χ1v) is 6.62. The summed E-state index contributed by atoms with van der Waals surface area (Å²) in [5.74, 6) is -0.113. The van der Waals surface area contributed by atoms with Crippen LogP contribution in [-0.2, 0) is 4.79 Å². The van der Waals surface area contributed by atoms with Crippen LogP contribution in [0.25, 0.3) is 0 Å². The van der Waals surface area contributed by atoms with Gasteiger partial charge in [-0.3, -0.25) is 4.79 Å². The molecule has 5 heteroatoms. The number of hydrogen-bond donors (Lipinski definition) is 1. The standard InChI is InChI=1S/C14H21N3O2/c1-3-4-5-6-8-15-14(18)12-7-9-17(2)13(10-12)11-16-19/h7,9-11H,3-6,8H2,1-2H3,(H,15,18)/b13-11+. The molecule has 0 fully saturated rings. The Labute approximate surface area is 114 Å². The highest BCUT2D eigenvalue weighted by Crippen LogP contribution is 2.15.